The number of nitrogen functional groups attached to an aromatic ring is 4. The molecule has 1 aliphatic heterocycles. The van der Waals surface area contributed by atoms with Gasteiger partial charge in [0.25, 0.3) is 11.8 Å². The molecular weight excluding hydrogens is 1490 g/mol. The minimum absolute atomic E-state index is 0.0161. The Kier molecular flexibility index (Phi) is 29.4. The van der Waals surface area contributed by atoms with E-state index in [-0.39, 0.29) is 149 Å². The number of aromatic carboxylic acids is 1. The number of carboxylic acids is 3. The van der Waals surface area contributed by atoms with Crippen LogP contribution in [0.25, 0.3) is 55.7 Å². The number of hydrogen-bond donors (Lipinski definition) is 14. The predicted octanol–water partition coefficient (Wildman–Crippen LogP) is 5.56. The van der Waals surface area contributed by atoms with E-state index < -0.39 is 41.8 Å². The number of amides is 4. The Balaban J connectivity index is 0.641. The van der Waals surface area contributed by atoms with E-state index in [0.717, 1.165) is 37.1 Å². The van der Waals surface area contributed by atoms with E-state index in [1.807, 2.05) is 23.9 Å². The Labute approximate surface area is 658 Å². The van der Waals surface area contributed by atoms with Gasteiger partial charge in [-0.3, -0.25) is 24.0 Å². The third-order valence-corrected chi connectivity index (χ3v) is 18.6. The summed E-state index contributed by atoms with van der Waals surface area (Å²) in [6.45, 7) is 4.74. The summed E-state index contributed by atoms with van der Waals surface area (Å²) in [6.07, 6.45) is 6.86. The molecule has 0 spiro atoms. The fourth-order valence-electron chi connectivity index (χ4n) is 12.5. The molecule has 0 unspecified atom stereocenters. The van der Waals surface area contributed by atoms with E-state index in [2.05, 4.69) is 76.7 Å². The van der Waals surface area contributed by atoms with Gasteiger partial charge in [0, 0.05) is 104 Å². The van der Waals surface area contributed by atoms with Crippen LogP contribution in [0.15, 0.2) is 125 Å². The first-order valence-corrected chi connectivity index (χ1v) is 37.1. The zero-order valence-electron chi connectivity index (χ0n) is 62.6. The molecule has 4 amide bonds. The van der Waals surface area contributed by atoms with Gasteiger partial charge in [0.2, 0.25) is 23.7 Å². The standard InChI is InChI=1S/C77H89N21O15S/c1-96(42-46-40-85-68-64(87-46)66(78)92-75(80)94-68)48-16-12-44(13-17-48)70(103)89-56(72(105)106)24-26-60(101)82-28-5-3-7-31-98(32-8-4-6-29-83-61(102)27-25-57(73(107)108)90-71(104)45-14-18-49(19-15-45)97(2)43-47-41-86-69-65(88-47)67(79)93-76(81)95-69)33-35-112-37-36-111-34-30-84-77(114)91-55-11-9-10-54(63(55)74(109)110)62-52-22-20-50(99)38-58(52)113-59-39-51(100)21-23-53(59)62/h9-23,38-41,56-57,99H,3-8,24-37,42-43H2,1-2H3,(H,82,101)(H,83,102)(H,89,103)(H,90,104)(H,105,106)(H,107,108)(H,109,110)(H2,84,91,114)(H4,78,80,85,92,94)(H4,79,81,86,93,95)/t56-,57+. The number of rotatable bonds is 42. The minimum Gasteiger partial charge on any atom is -0.508 e. The number of carbonyl (C=O) groups excluding carboxylic acids is 4. The Bertz CT molecular complexity index is 4940. The SMILES string of the molecule is CN(Cc1cnc2nc(N)nc(N)c2n1)c1ccc(C(=O)N[C@@H](CCC(=O)NCCCCCN(CCCCCNC(=O)CC[C@@H](NC(=O)c2ccc(N(C)Cc3cnc4nc(N)nc(N)c4n3)cc2)C(=O)O)CCOCCOCCNC(=S)Nc2cccc(-c3c4ccc(=O)cc-4oc4cc(O)ccc34)c2C(=O)O)C(=O)O)cc1. The van der Waals surface area contributed by atoms with Crippen LogP contribution in [0.1, 0.15) is 107 Å². The summed E-state index contributed by atoms with van der Waals surface area (Å²) < 4.78 is 17.8. The van der Waals surface area contributed by atoms with Crippen LogP contribution in [0, 0.1) is 0 Å². The molecule has 10 rings (SSSR count). The highest BCUT2D eigenvalue weighted by molar-refractivity contribution is 7.80. The van der Waals surface area contributed by atoms with Crippen LogP contribution in [0.5, 0.6) is 5.75 Å². The largest absolute Gasteiger partial charge is 0.508 e. The van der Waals surface area contributed by atoms with Crippen LogP contribution in [-0.2, 0) is 41.7 Å². The van der Waals surface area contributed by atoms with Gasteiger partial charge >= 0.3 is 17.9 Å². The van der Waals surface area contributed by atoms with E-state index >= 15 is 0 Å². The van der Waals surface area contributed by atoms with Crippen LogP contribution < -0.4 is 70.1 Å². The lowest BCUT2D eigenvalue weighted by atomic mass is 9.90. The van der Waals surface area contributed by atoms with E-state index in [4.69, 9.17) is 49.0 Å². The van der Waals surface area contributed by atoms with E-state index in [0.29, 0.717) is 110 Å². The maximum atomic E-state index is 13.2. The van der Waals surface area contributed by atoms with Gasteiger partial charge < -0.3 is 104 Å². The van der Waals surface area contributed by atoms with Crippen molar-refractivity contribution in [3.8, 4) is 28.2 Å². The highest BCUT2D eigenvalue weighted by Gasteiger charge is 2.27. The van der Waals surface area contributed by atoms with Gasteiger partial charge in [-0.25, -0.2) is 34.3 Å². The van der Waals surface area contributed by atoms with Crippen LogP contribution in [0.3, 0.4) is 0 Å². The molecule has 114 heavy (non-hydrogen) atoms. The molecule has 5 heterocycles. The number of benzene rings is 5. The number of anilines is 7. The first-order valence-electron chi connectivity index (χ1n) is 36.7. The van der Waals surface area contributed by atoms with Gasteiger partial charge in [0.15, 0.2) is 44.5 Å². The maximum Gasteiger partial charge on any atom is 0.338 e. The van der Waals surface area contributed by atoms with Crippen molar-refractivity contribution in [2.75, 3.05) is 118 Å². The van der Waals surface area contributed by atoms with Crippen molar-refractivity contribution >= 4 is 133 Å². The third-order valence-electron chi connectivity index (χ3n) is 18.3. The Morgan fingerprint density at radius 2 is 1.09 bits per heavy atom. The molecule has 2 aliphatic rings. The molecule has 0 saturated carbocycles. The molecule has 0 saturated heterocycles. The first kappa shape index (κ1) is 83.3. The van der Waals surface area contributed by atoms with E-state index in [1.54, 1.807) is 91.3 Å². The minimum atomic E-state index is -1.33. The molecule has 598 valence electrons. The summed E-state index contributed by atoms with van der Waals surface area (Å²) >= 11 is 5.57. The summed E-state index contributed by atoms with van der Waals surface area (Å²) in [5.41, 5.74) is 28.9. The molecule has 37 heteroatoms. The number of fused-ring (bicyclic) bond motifs is 4. The van der Waals surface area contributed by atoms with Gasteiger partial charge in [-0.2, -0.15) is 19.9 Å². The molecule has 2 atom stereocenters. The van der Waals surface area contributed by atoms with Crippen LogP contribution >= 0.6 is 12.2 Å². The van der Waals surface area contributed by atoms with Crippen LogP contribution in [0.4, 0.5) is 40.6 Å². The van der Waals surface area contributed by atoms with E-state index in [1.165, 1.54) is 24.3 Å². The molecule has 0 fully saturated rings. The number of aromatic hydroxyl groups is 1. The van der Waals surface area contributed by atoms with Gasteiger partial charge in [0.1, 0.15) is 29.2 Å². The van der Waals surface area contributed by atoms with Crippen molar-refractivity contribution < 1.29 is 67.9 Å². The molecule has 4 aromatic carbocycles. The fourth-order valence-corrected chi connectivity index (χ4v) is 12.7. The first-order chi connectivity index (χ1) is 54.8. The number of carboxylic acid groups (broad SMARTS) is 3. The van der Waals surface area contributed by atoms with Crippen molar-refractivity contribution in [3.63, 3.8) is 0 Å². The Morgan fingerprint density at radius 3 is 1.61 bits per heavy atom. The highest BCUT2D eigenvalue weighted by atomic mass is 32.1. The summed E-state index contributed by atoms with van der Waals surface area (Å²) in [4.78, 5) is 142. The third kappa shape index (κ3) is 23.5. The number of hydrogen-bond acceptors (Lipinski definition) is 28. The molecule has 18 N–H and O–H groups in total. The topological polar surface area (TPSA) is 538 Å². The smallest absolute Gasteiger partial charge is 0.338 e. The number of aromatic nitrogens is 8. The van der Waals surface area contributed by atoms with Crippen molar-refractivity contribution in [1.82, 2.24) is 71.4 Å². The van der Waals surface area contributed by atoms with Gasteiger partial charge in [-0.05, 0) is 148 Å². The highest BCUT2D eigenvalue weighted by Crippen LogP contribution is 2.43. The number of nitrogens with two attached hydrogens (primary N) is 4. The number of nitrogens with zero attached hydrogens (tertiary/aromatic N) is 11. The number of phenolic OH excluding ortho intramolecular Hbond substituents is 1. The van der Waals surface area contributed by atoms with Gasteiger partial charge in [-0.1, -0.05) is 25.0 Å². The number of aliphatic carboxylic acids is 2. The Hall–Kier alpha value is -13.1. The predicted molar refractivity (Wildman–Crippen MR) is 430 cm³/mol. The van der Waals surface area contributed by atoms with E-state index in [9.17, 15) is 58.8 Å². The lowest BCUT2D eigenvalue weighted by Gasteiger charge is -2.22. The second-order valence-corrected chi connectivity index (χ2v) is 27.1. The van der Waals surface area contributed by atoms with Crippen molar-refractivity contribution in [2.24, 2.45) is 0 Å². The van der Waals surface area contributed by atoms with Crippen molar-refractivity contribution in [1.29, 1.82) is 0 Å². The van der Waals surface area contributed by atoms with Crippen LogP contribution in [0.2, 0.25) is 0 Å². The molecule has 0 bridgehead atoms. The van der Waals surface area contributed by atoms with Crippen LogP contribution in [-0.4, -0.2) is 204 Å². The quantitative estimate of drug-likeness (QED) is 0.0126. The summed E-state index contributed by atoms with van der Waals surface area (Å²) in [5.74, 6) is -5.48. The van der Waals surface area contributed by atoms with Crippen molar-refractivity contribution in [2.45, 2.75) is 89.4 Å². The number of unbranched alkanes of at least 4 members (excludes halogenated alkanes) is 4. The summed E-state index contributed by atoms with van der Waals surface area (Å²) in [6, 6.07) is 24.0. The molecule has 1 aliphatic carbocycles. The maximum absolute atomic E-state index is 13.2. The fraction of sp³-hybridized carbons (Fsp3) is 0.338. The lowest BCUT2D eigenvalue weighted by molar-refractivity contribution is -0.140. The monoisotopic (exact) mass is 1580 g/mol. The van der Waals surface area contributed by atoms with Gasteiger partial charge in [-0.15, -0.1) is 0 Å². The number of phenols is 1. The number of ether oxygens (including phenoxy) is 2. The average Bonchev–Trinajstić information content (AvgIpc) is 0.743. The number of carbonyl (C=O) groups is 7. The average molecular weight is 1580 g/mol. The summed E-state index contributed by atoms with van der Waals surface area (Å²) in [5, 5.41) is 58.3. The van der Waals surface area contributed by atoms with Crippen molar-refractivity contribution in [3.05, 3.63) is 154 Å². The number of thiocarbonyl (C=S) groups is 1. The normalized spacial score (nSPS) is 11.8. The number of nitrogens with one attached hydrogen (secondary N) is 6. The molecular formula is C77H89N21O15S. The molecule has 8 aromatic rings. The second kappa shape index (κ2) is 40.2. The zero-order valence-corrected chi connectivity index (χ0v) is 63.4. The lowest BCUT2D eigenvalue weighted by Crippen LogP contribution is -2.41. The second-order valence-electron chi connectivity index (χ2n) is 26.7. The van der Waals surface area contributed by atoms with Gasteiger partial charge in [0.05, 0.1) is 74.5 Å². The molecule has 4 aromatic heterocycles. The Morgan fingerprint density at radius 1 is 0.561 bits per heavy atom. The summed E-state index contributed by atoms with van der Waals surface area (Å²) in [7, 11) is 3.63. The zero-order chi connectivity index (χ0) is 81.4. The molecule has 0 radical (unpaired) electrons. The molecule has 36 nitrogen and oxygen atoms in total.